The van der Waals surface area contributed by atoms with Crippen LogP contribution in [0.2, 0.25) is 0 Å². The molecule has 0 bridgehead atoms. The fraction of sp³-hybridized carbons (Fsp3) is 0.188. The van der Waals surface area contributed by atoms with E-state index in [9.17, 15) is 14.3 Å². The van der Waals surface area contributed by atoms with E-state index in [-0.39, 0.29) is 12.4 Å². The molecule has 0 fully saturated rings. The summed E-state index contributed by atoms with van der Waals surface area (Å²) in [6.45, 7) is 1.70. The minimum Gasteiger partial charge on any atom is -0.548 e. The van der Waals surface area contributed by atoms with Crippen LogP contribution in [0.25, 0.3) is 0 Å². The van der Waals surface area contributed by atoms with E-state index in [0.29, 0.717) is 11.4 Å². The maximum Gasteiger partial charge on any atom is 0.123 e. The second-order valence-corrected chi connectivity index (χ2v) is 4.81. The molecule has 0 radical (unpaired) electrons. The van der Waals surface area contributed by atoms with Crippen LogP contribution in [0.3, 0.4) is 0 Å². The number of nitrogens with zero attached hydrogens (tertiary/aromatic N) is 1. The van der Waals surface area contributed by atoms with E-state index in [1.54, 1.807) is 36.4 Å². The predicted octanol–water partition coefficient (Wildman–Crippen LogP) is 1.22. The van der Waals surface area contributed by atoms with Crippen molar-refractivity contribution in [3.8, 4) is 5.75 Å². The SMILES string of the molecule is CC(C(=O)[O-])N(N)c1cccc(OCc2ccc(F)cc2)c1. The monoisotopic (exact) mass is 303 g/mol. The largest absolute Gasteiger partial charge is 0.548 e. The summed E-state index contributed by atoms with van der Waals surface area (Å²) in [6, 6.07) is 11.7. The molecule has 0 saturated heterocycles. The van der Waals surface area contributed by atoms with Crippen molar-refractivity contribution in [3.63, 3.8) is 0 Å². The first-order chi connectivity index (χ1) is 10.5. The molecule has 6 heteroatoms. The van der Waals surface area contributed by atoms with Crippen LogP contribution in [-0.2, 0) is 11.4 Å². The lowest BCUT2D eigenvalue weighted by Gasteiger charge is -2.27. The first-order valence-corrected chi connectivity index (χ1v) is 6.69. The number of ether oxygens (including phenoxy) is 1. The highest BCUT2D eigenvalue weighted by Crippen LogP contribution is 2.21. The first-order valence-electron chi connectivity index (χ1n) is 6.69. The van der Waals surface area contributed by atoms with E-state index in [0.717, 1.165) is 10.6 Å². The summed E-state index contributed by atoms with van der Waals surface area (Å²) < 4.78 is 18.4. The first kappa shape index (κ1) is 15.8. The third kappa shape index (κ3) is 3.95. The van der Waals surface area contributed by atoms with Crippen molar-refractivity contribution in [3.05, 3.63) is 59.9 Å². The number of hydrazine groups is 1. The number of carbonyl (C=O) groups excluding carboxylic acids is 1. The van der Waals surface area contributed by atoms with Gasteiger partial charge in [0, 0.05) is 6.07 Å². The maximum atomic E-state index is 12.8. The Kier molecular flexibility index (Phi) is 4.95. The molecule has 0 aliphatic rings. The highest BCUT2D eigenvalue weighted by Gasteiger charge is 2.12. The van der Waals surface area contributed by atoms with E-state index < -0.39 is 12.0 Å². The molecule has 0 saturated carbocycles. The van der Waals surface area contributed by atoms with Gasteiger partial charge in [0.2, 0.25) is 0 Å². The molecule has 22 heavy (non-hydrogen) atoms. The van der Waals surface area contributed by atoms with E-state index in [2.05, 4.69) is 0 Å². The summed E-state index contributed by atoms with van der Waals surface area (Å²) in [5.74, 6) is 4.71. The number of hydrogen-bond acceptors (Lipinski definition) is 5. The second kappa shape index (κ2) is 6.91. The summed E-state index contributed by atoms with van der Waals surface area (Å²) in [6.07, 6.45) is 0. The van der Waals surface area contributed by atoms with E-state index in [4.69, 9.17) is 10.6 Å². The summed E-state index contributed by atoms with van der Waals surface area (Å²) in [7, 11) is 0. The Morgan fingerprint density at radius 1 is 1.32 bits per heavy atom. The standard InChI is InChI=1S/C16H17FN2O3/c1-11(16(20)21)19(18)14-3-2-4-15(9-14)22-10-12-5-7-13(17)8-6-12/h2-9,11H,10,18H2,1H3,(H,20,21)/p-1. The van der Waals surface area contributed by atoms with Crippen LogP contribution < -0.4 is 20.7 Å². The molecule has 1 unspecified atom stereocenters. The molecular weight excluding hydrogens is 287 g/mol. The molecule has 2 N–H and O–H groups in total. The Balaban J connectivity index is 2.05. The topological polar surface area (TPSA) is 78.6 Å². The number of halogens is 1. The Morgan fingerprint density at radius 3 is 2.64 bits per heavy atom. The molecule has 2 aromatic carbocycles. The van der Waals surface area contributed by atoms with Crippen LogP contribution in [0, 0.1) is 5.82 Å². The third-order valence-electron chi connectivity index (χ3n) is 3.19. The molecule has 0 aliphatic heterocycles. The van der Waals surface area contributed by atoms with E-state index in [1.165, 1.54) is 19.1 Å². The fourth-order valence-corrected chi connectivity index (χ4v) is 1.82. The summed E-state index contributed by atoms with van der Waals surface area (Å²) in [4.78, 5) is 10.8. The lowest BCUT2D eigenvalue weighted by Crippen LogP contribution is -2.50. The van der Waals surface area contributed by atoms with Gasteiger partial charge in [-0.1, -0.05) is 18.2 Å². The van der Waals surface area contributed by atoms with Crippen molar-refractivity contribution in [1.29, 1.82) is 0 Å². The Labute approximate surface area is 127 Å². The van der Waals surface area contributed by atoms with Crippen molar-refractivity contribution >= 4 is 11.7 Å². The van der Waals surface area contributed by atoms with Crippen molar-refractivity contribution in [2.75, 3.05) is 5.01 Å². The van der Waals surface area contributed by atoms with E-state index >= 15 is 0 Å². The predicted molar refractivity (Wildman–Crippen MR) is 78.3 cm³/mol. The van der Waals surface area contributed by atoms with Gasteiger partial charge in [-0.15, -0.1) is 0 Å². The van der Waals surface area contributed by atoms with Gasteiger partial charge in [0.25, 0.3) is 0 Å². The van der Waals surface area contributed by atoms with Gasteiger partial charge in [0.15, 0.2) is 0 Å². The Bertz CT molecular complexity index is 646. The number of aliphatic carboxylic acids is 1. The maximum absolute atomic E-state index is 12.8. The lowest BCUT2D eigenvalue weighted by molar-refractivity contribution is -0.307. The Hall–Kier alpha value is -2.60. The summed E-state index contributed by atoms with van der Waals surface area (Å²) in [5.41, 5.74) is 1.31. The zero-order valence-electron chi connectivity index (χ0n) is 12.0. The Morgan fingerprint density at radius 2 is 2.00 bits per heavy atom. The van der Waals surface area contributed by atoms with Crippen LogP contribution in [0.1, 0.15) is 12.5 Å². The van der Waals surface area contributed by atoms with Crippen LogP contribution in [0.4, 0.5) is 10.1 Å². The van der Waals surface area contributed by atoms with Gasteiger partial charge in [-0.3, -0.25) is 0 Å². The molecule has 0 spiro atoms. The van der Waals surface area contributed by atoms with Gasteiger partial charge in [0.1, 0.15) is 18.2 Å². The van der Waals surface area contributed by atoms with Gasteiger partial charge in [0.05, 0.1) is 17.7 Å². The molecule has 0 aliphatic carbocycles. The van der Waals surface area contributed by atoms with Gasteiger partial charge in [-0.2, -0.15) is 0 Å². The molecule has 116 valence electrons. The van der Waals surface area contributed by atoms with Crippen LogP contribution >= 0.6 is 0 Å². The van der Waals surface area contributed by atoms with Crippen molar-refractivity contribution < 1.29 is 19.0 Å². The molecule has 0 amide bonds. The number of carboxylic acid groups (broad SMARTS) is 1. The van der Waals surface area contributed by atoms with Crippen LogP contribution in [0.15, 0.2) is 48.5 Å². The number of nitrogens with two attached hydrogens (primary N) is 1. The minimum atomic E-state index is -1.26. The molecule has 0 aromatic heterocycles. The zero-order chi connectivity index (χ0) is 16.1. The molecule has 0 heterocycles. The van der Waals surface area contributed by atoms with E-state index in [1.807, 2.05) is 0 Å². The fourth-order valence-electron chi connectivity index (χ4n) is 1.82. The van der Waals surface area contributed by atoms with Gasteiger partial charge < -0.3 is 19.6 Å². The number of rotatable bonds is 6. The van der Waals surface area contributed by atoms with Crippen LogP contribution in [-0.4, -0.2) is 12.0 Å². The molecule has 5 nitrogen and oxygen atoms in total. The van der Waals surface area contributed by atoms with Crippen LogP contribution in [0.5, 0.6) is 5.75 Å². The average molecular weight is 303 g/mol. The number of carbonyl (C=O) groups is 1. The number of anilines is 1. The normalized spacial score (nSPS) is 11.8. The molecule has 2 aromatic rings. The average Bonchev–Trinajstić information content (AvgIpc) is 2.53. The quantitative estimate of drug-likeness (QED) is 0.641. The highest BCUT2D eigenvalue weighted by molar-refractivity contribution is 5.75. The van der Waals surface area contributed by atoms with Gasteiger partial charge in [-0.25, -0.2) is 10.2 Å². The second-order valence-electron chi connectivity index (χ2n) is 4.81. The molecule has 2 rings (SSSR count). The smallest absolute Gasteiger partial charge is 0.123 e. The lowest BCUT2D eigenvalue weighted by atomic mass is 10.2. The van der Waals surface area contributed by atoms with Crippen molar-refractivity contribution in [2.45, 2.75) is 19.6 Å². The summed E-state index contributed by atoms with van der Waals surface area (Å²) >= 11 is 0. The zero-order valence-corrected chi connectivity index (χ0v) is 12.0. The third-order valence-corrected chi connectivity index (χ3v) is 3.19. The summed E-state index contributed by atoms with van der Waals surface area (Å²) in [5, 5.41) is 11.9. The number of carboxylic acids is 1. The molecule has 1 atom stereocenters. The van der Waals surface area contributed by atoms with Crippen molar-refractivity contribution in [2.24, 2.45) is 5.84 Å². The minimum absolute atomic E-state index is 0.268. The number of benzene rings is 2. The number of hydrogen-bond donors (Lipinski definition) is 1. The van der Waals surface area contributed by atoms with Crippen molar-refractivity contribution in [1.82, 2.24) is 0 Å². The molecular formula is C16H16FN2O3-. The van der Waals surface area contributed by atoms with Gasteiger partial charge >= 0.3 is 0 Å². The van der Waals surface area contributed by atoms with Gasteiger partial charge in [-0.05, 0) is 36.8 Å². The highest BCUT2D eigenvalue weighted by atomic mass is 19.1.